The van der Waals surface area contributed by atoms with E-state index < -0.39 is 12.0 Å². The number of fused-ring (bicyclic) bond motifs is 1. The summed E-state index contributed by atoms with van der Waals surface area (Å²) in [5, 5.41) is 1.23. The molecule has 0 radical (unpaired) electrons. The number of carbonyl (C=O) groups is 1. The highest BCUT2D eigenvalue weighted by atomic mass is 35.5. The average molecular weight is 674 g/mol. The van der Waals surface area contributed by atoms with Gasteiger partial charge in [-0.2, -0.15) is 0 Å². The van der Waals surface area contributed by atoms with Gasteiger partial charge < -0.3 is 18.9 Å². The Hall–Kier alpha value is -3.76. The summed E-state index contributed by atoms with van der Waals surface area (Å²) in [4.78, 5) is 31.8. The standard InChI is InChI=1S/C32H27Cl3N2O6S/c1-4-41-25-10-9-19(13-26(25)42-5-2)28-23(31(39)40-3)16-36-32-37(28)30(38)27(44-32)14-20-12-22(34)15-24(35)29(20)43-17-18-7-6-8-21(33)11-18/h6-16,28H,4-5,17H2,1-3H3/b27-14+/t28-/m0/s1. The second-order valence-corrected chi connectivity index (χ2v) is 11.8. The molecule has 3 aromatic carbocycles. The second kappa shape index (κ2) is 13.9. The van der Waals surface area contributed by atoms with Gasteiger partial charge in [-0.25, -0.2) is 9.79 Å². The zero-order valence-electron chi connectivity index (χ0n) is 23.9. The third-order valence-corrected chi connectivity index (χ3v) is 8.34. The van der Waals surface area contributed by atoms with Crippen LogP contribution in [0.15, 0.2) is 76.2 Å². The van der Waals surface area contributed by atoms with Gasteiger partial charge in [0.25, 0.3) is 5.56 Å². The van der Waals surface area contributed by atoms with E-state index in [9.17, 15) is 9.59 Å². The van der Waals surface area contributed by atoms with E-state index in [1.807, 2.05) is 26.0 Å². The number of halogens is 3. The lowest BCUT2D eigenvalue weighted by Crippen LogP contribution is -2.39. The number of hydrogen-bond donors (Lipinski definition) is 0. The fourth-order valence-corrected chi connectivity index (χ4v) is 6.49. The maximum Gasteiger partial charge on any atom is 0.337 e. The molecule has 4 aromatic rings. The van der Waals surface area contributed by atoms with Gasteiger partial charge in [-0.3, -0.25) is 9.36 Å². The van der Waals surface area contributed by atoms with E-state index in [0.717, 1.165) is 16.9 Å². The fourth-order valence-electron chi connectivity index (χ4n) is 4.75. The first-order valence-corrected chi connectivity index (χ1v) is 15.5. The lowest BCUT2D eigenvalue weighted by Gasteiger charge is -2.23. The van der Waals surface area contributed by atoms with Crippen molar-refractivity contribution in [2.45, 2.75) is 26.5 Å². The summed E-state index contributed by atoms with van der Waals surface area (Å²) in [6.45, 7) is 4.77. The van der Waals surface area contributed by atoms with Crippen LogP contribution in [0.2, 0.25) is 15.1 Å². The fraction of sp³-hybridized carbons (Fsp3) is 0.219. The molecule has 44 heavy (non-hydrogen) atoms. The quantitative estimate of drug-likeness (QED) is 0.182. The van der Waals surface area contributed by atoms with Crippen LogP contribution >= 0.6 is 46.1 Å². The molecule has 12 heteroatoms. The van der Waals surface area contributed by atoms with Crippen LogP contribution in [0.5, 0.6) is 17.2 Å². The van der Waals surface area contributed by atoms with Crippen molar-refractivity contribution in [1.29, 1.82) is 0 Å². The minimum absolute atomic E-state index is 0.187. The zero-order valence-corrected chi connectivity index (χ0v) is 27.0. The smallest absolute Gasteiger partial charge is 0.337 e. The van der Waals surface area contributed by atoms with Gasteiger partial charge in [-0.05, 0) is 67.4 Å². The van der Waals surface area contributed by atoms with E-state index in [1.165, 1.54) is 17.9 Å². The molecule has 0 bridgehead atoms. The molecule has 0 saturated heterocycles. The molecule has 0 fully saturated rings. The van der Waals surface area contributed by atoms with Crippen molar-refractivity contribution in [1.82, 2.24) is 4.57 Å². The number of benzene rings is 3. The number of nitrogens with zero attached hydrogens (tertiary/aromatic N) is 2. The largest absolute Gasteiger partial charge is 0.490 e. The topological polar surface area (TPSA) is 88.4 Å². The van der Waals surface area contributed by atoms with Gasteiger partial charge in [0.2, 0.25) is 0 Å². The molecule has 5 rings (SSSR count). The Labute approximate surface area is 272 Å². The van der Waals surface area contributed by atoms with Crippen molar-refractivity contribution in [3.63, 3.8) is 0 Å². The predicted octanol–water partition coefficient (Wildman–Crippen LogP) is 6.35. The van der Waals surface area contributed by atoms with Crippen LogP contribution in [0, 0.1) is 0 Å². The van der Waals surface area contributed by atoms with Crippen LogP contribution in [0.1, 0.15) is 36.6 Å². The normalized spacial score (nSPS) is 14.4. The molecule has 0 N–H and O–H groups in total. The average Bonchev–Trinajstić information content (AvgIpc) is 3.31. The second-order valence-electron chi connectivity index (χ2n) is 9.47. The SMILES string of the molecule is CCOc1ccc([C@H]2C(C(=O)OC)=CN=c3s/c(=C/c4cc(Cl)cc(Cl)c4OCc4cccc(Cl)c4)c(=O)n32)cc1OCC. The van der Waals surface area contributed by atoms with Crippen LogP contribution in [-0.2, 0) is 16.1 Å². The molecular weight excluding hydrogens is 647 g/mol. The lowest BCUT2D eigenvalue weighted by molar-refractivity contribution is -0.136. The Kier molecular flexibility index (Phi) is 10.0. The Balaban J connectivity index is 1.63. The Morgan fingerprint density at radius 2 is 1.75 bits per heavy atom. The molecule has 0 aliphatic carbocycles. The molecule has 0 saturated carbocycles. The van der Waals surface area contributed by atoms with E-state index >= 15 is 0 Å². The highest BCUT2D eigenvalue weighted by Gasteiger charge is 2.31. The van der Waals surface area contributed by atoms with Crippen LogP contribution in [0.4, 0.5) is 0 Å². The number of esters is 1. The summed E-state index contributed by atoms with van der Waals surface area (Å²) in [5.41, 5.74) is 1.77. The molecule has 2 heterocycles. The summed E-state index contributed by atoms with van der Waals surface area (Å²) in [6, 6.07) is 15.0. The Bertz CT molecular complexity index is 1940. The third-order valence-electron chi connectivity index (χ3n) is 6.60. The summed E-state index contributed by atoms with van der Waals surface area (Å²) < 4.78 is 24.5. The lowest BCUT2D eigenvalue weighted by atomic mass is 9.97. The number of hydrogen-bond acceptors (Lipinski definition) is 8. The van der Waals surface area contributed by atoms with Crippen molar-refractivity contribution in [3.05, 3.63) is 118 Å². The first-order valence-electron chi connectivity index (χ1n) is 13.6. The summed E-state index contributed by atoms with van der Waals surface area (Å²) in [7, 11) is 1.28. The molecule has 0 unspecified atom stereocenters. The molecule has 0 amide bonds. The van der Waals surface area contributed by atoms with Crippen LogP contribution in [0.3, 0.4) is 0 Å². The molecule has 1 aliphatic rings. The number of ether oxygens (including phenoxy) is 4. The van der Waals surface area contributed by atoms with Gasteiger partial charge >= 0.3 is 5.97 Å². The van der Waals surface area contributed by atoms with E-state index in [1.54, 1.807) is 48.5 Å². The number of carbonyl (C=O) groups excluding carboxylic acids is 1. The Morgan fingerprint density at radius 1 is 0.977 bits per heavy atom. The molecule has 8 nitrogen and oxygen atoms in total. The van der Waals surface area contributed by atoms with Gasteiger partial charge in [0, 0.05) is 21.8 Å². The van der Waals surface area contributed by atoms with Gasteiger partial charge in [0.1, 0.15) is 12.4 Å². The highest BCUT2D eigenvalue weighted by Crippen LogP contribution is 2.36. The van der Waals surface area contributed by atoms with E-state index in [2.05, 4.69) is 4.99 Å². The summed E-state index contributed by atoms with van der Waals surface area (Å²) in [6.07, 6.45) is 3.08. The number of methoxy groups -OCH3 is 1. The molecule has 228 valence electrons. The number of aromatic nitrogens is 1. The van der Waals surface area contributed by atoms with E-state index in [-0.39, 0.29) is 22.8 Å². The zero-order chi connectivity index (χ0) is 31.4. The first-order chi connectivity index (χ1) is 21.2. The molecule has 0 spiro atoms. The van der Waals surface area contributed by atoms with Crippen LogP contribution < -0.4 is 29.1 Å². The van der Waals surface area contributed by atoms with Crippen molar-refractivity contribution in [2.24, 2.45) is 4.99 Å². The van der Waals surface area contributed by atoms with Gasteiger partial charge in [-0.15, -0.1) is 0 Å². The molecule has 1 aliphatic heterocycles. The maximum absolute atomic E-state index is 14.1. The van der Waals surface area contributed by atoms with E-state index in [4.69, 9.17) is 53.8 Å². The van der Waals surface area contributed by atoms with Gasteiger partial charge in [-0.1, -0.05) is 64.3 Å². The summed E-state index contributed by atoms with van der Waals surface area (Å²) in [5.74, 6) is 0.780. The van der Waals surface area contributed by atoms with Gasteiger partial charge in [0.05, 0.1) is 41.5 Å². The van der Waals surface area contributed by atoms with E-state index in [0.29, 0.717) is 61.0 Å². The highest BCUT2D eigenvalue weighted by molar-refractivity contribution is 7.07. The summed E-state index contributed by atoms with van der Waals surface area (Å²) >= 11 is 20.2. The Morgan fingerprint density at radius 3 is 2.48 bits per heavy atom. The predicted molar refractivity (Wildman–Crippen MR) is 172 cm³/mol. The van der Waals surface area contributed by atoms with Crippen molar-refractivity contribution < 1.29 is 23.7 Å². The van der Waals surface area contributed by atoms with Crippen molar-refractivity contribution >= 4 is 58.2 Å². The van der Waals surface area contributed by atoms with Crippen LogP contribution in [-0.4, -0.2) is 30.9 Å². The van der Waals surface area contributed by atoms with Crippen molar-refractivity contribution in [3.8, 4) is 17.2 Å². The third kappa shape index (κ3) is 6.66. The minimum Gasteiger partial charge on any atom is -0.490 e. The first kappa shape index (κ1) is 31.7. The van der Waals surface area contributed by atoms with Crippen molar-refractivity contribution in [2.75, 3.05) is 20.3 Å². The van der Waals surface area contributed by atoms with Gasteiger partial charge in [0.15, 0.2) is 16.3 Å². The number of rotatable bonds is 10. The van der Waals surface area contributed by atoms with Crippen LogP contribution in [0.25, 0.3) is 6.08 Å². The minimum atomic E-state index is -0.836. The molecule has 1 aromatic heterocycles. The molecular formula is C32H27Cl3N2O6S. The molecule has 1 atom stereocenters. The monoisotopic (exact) mass is 672 g/mol. The maximum atomic E-state index is 14.1. The number of thiazole rings is 1.